The number of likely N-dealkylation sites (tertiary alicyclic amines) is 1. The third kappa shape index (κ3) is 1.54. The van der Waals surface area contributed by atoms with Gasteiger partial charge in [-0.05, 0) is 33.6 Å². The van der Waals surface area contributed by atoms with E-state index in [2.05, 4.69) is 11.8 Å². The first-order valence-electron chi connectivity index (χ1n) is 5.18. The molecule has 0 spiro atoms. The summed E-state index contributed by atoms with van der Waals surface area (Å²) in [5, 5.41) is 9.18. The van der Waals surface area contributed by atoms with E-state index in [0.29, 0.717) is 5.92 Å². The zero-order chi connectivity index (χ0) is 11.1. The lowest BCUT2D eigenvalue weighted by Crippen LogP contribution is -2.64. The van der Waals surface area contributed by atoms with Gasteiger partial charge in [0.2, 0.25) is 0 Å². The van der Waals surface area contributed by atoms with E-state index >= 15 is 0 Å². The van der Waals surface area contributed by atoms with Gasteiger partial charge in [0.15, 0.2) is 0 Å². The Morgan fingerprint density at radius 2 is 1.71 bits per heavy atom. The van der Waals surface area contributed by atoms with Gasteiger partial charge in [-0.2, -0.15) is 0 Å². The zero-order valence-corrected chi connectivity index (χ0v) is 9.79. The molecule has 0 atom stereocenters. The zero-order valence-electron chi connectivity index (χ0n) is 9.79. The van der Waals surface area contributed by atoms with Crippen LogP contribution in [0.5, 0.6) is 0 Å². The van der Waals surface area contributed by atoms with Gasteiger partial charge >= 0.3 is 5.97 Å². The lowest BCUT2D eigenvalue weighted by molar-refractivity contribution is -0.160. The summed E-state index contributed by atoms with van der Waals surface area (Å²) in [4.78, 5) is 13.4. The largest absolute Gasteiger partial charge is 0.481 e. The van der Waals surface area contributed by atoms with Crippen LogP contribution in [-0.4, -0.2) is 34.6 Å². The highest BCUT2D eigenvalue weighted by atomic mass is 16.4. The Morgan fingerprint density at radius 1 is 1.29 bits per heavy atom. The van der Waals surface area contributed by atoms with Gasteiger partial charge in [0.25, 0.3) is 0 Å². The van der Waals surface area contributed by atoms with Gasteiger partial charge < -0.3 is 5.11 Å². The summed E-state index contributed by atoms with van der Waals surface area (Å²) in [5.41, 5.74) is -0.974. The lowest BCUT2D eigenvalue weighted by Gasteiger charge is -2.53. The summed E-state index contributed by atoms with van der Waals surface area (Å²) in [6.45, 7) is 11.9. The number of carboxylic acid groups (broad SMARTS) is 1. The lowest BCUT2D eigenvalue weighted by atomic mass is 9.71. The van der Waals surface area contributed by atoms with Crippen LogP contribution in [0.4, 0.5) is 0 Å². The van der Waals surface area contributed by atoms with Crippen LogP contribution >= 0.6 is 0 Å². The molecule has 1 saturated heterocycles. The van der Waals surface area contributed by atoms with E-state index in [-0.39, 0.29) is 5.54 Å². The predicted molar refractivity (Wildman–Crippen MR) is 56.2 cm³/mol. The molecular weight excluding hydrogens is 178 g/mol. The Kier molecular flexibility index (Phi) is 2.65. The van der Waals surface area contributed by atoms with Crippen molar-refractivity contribution in [2.45, 2.75) is 40.2 Å². The van der Waals surface area contributed by atoms with E-state index in [1.54, 1.807) is 13.8 Å². The number of hydrogen-bond donors (Lipinski definition) is 1. The maximum Gasteiger partial charge on any atom is 0.310 e. The van der Waals surface area contributed by atoms with Crippen molar-refractivity contribution in [3.63, 3.8) is 0 Å². The molecule has 3 heteroatoms. The minimum atomic E-state index is -0.720. The topological polar surface area (TPSA) is 40.5 Å². The summed E-state index contributed by atoms with van der Waals surface area (Å²) < 4.78 is 0. The van der Waals surface area contributed by atoms with Crippen molar-refractivity contribution in [2.24, 2.45) is 11.3 Å². The van der Waals surface area contributed by atoms with E-state index in [1.165, 1.54) is 0 Å². The standard InChI is InChI=1S/C11H21NO2/c1-8-6-12(7-8)11(4,5)10(2,3)9(13)14/h8H,6-7H2,1-5H3,(H,13,14). The normalized spacial score (nSPS) is 20.6. The molecule has 1 N–H and O–H groups in total. The molecule has 14 heavy (non-hydrogen) atoms. The molecule has 1 rings (SSSR count). The van der Waals surface area contributed by atoms with Crippen LogP contribution in [0.1, 0.15) is 34.6 Å². The number of rotatable bonds is 3. The van der Waals surface area contributed by atoms with Gasteiger partial charge in [-0.3, -0.25) is 9.69 Å². The van der Waals surface area contributed by atoms with E-state index in [9.17, 15) is 9.90 Å². The molecule has 1 heterocycles. The minimum Gasteiger partial charge on any atom is -0.481 e. The van der Waals surface area contributed by atoms with Crippen molar-refractivity contribution in [3.05, 3.63) is 0 Å². The first kappa shape index (κ1) is 11.5. The second-order valence-electron chi connectivity index (χ2n) is 5.50. The van der Waals surface area contributed by atoms with Crippen molar-refractivity contribution in [1.29, 1.82) is 0 Å². The van der Waals surface area contributed by atoms with Crippen LogP contribution in [0.15, 0.2) is 0 Å². The van der Waals surface area contributed by atoms with E-state index in [0.717, 1.165) is 13.1 Å². The fourth-order valence-corrected chi connectivity index (χ4v) is 1.81. The highest BCUT2D eigenvalue weighted by molar-refractivity contribution is 5.75. The molecule has 82 valence electrons. The first-order valence-corrected chi connectivity index (χ1v) is 5.18. The van der Waals surface area contributed by atoms with Crippen molar-refractivity contribution < 1.29 is 9.90 Å². The first-order chi connectivity index (χ1) is 6.19. The molecule has 0 amide bonds. The molecule has 1 aliphatic rings. The van der Waals surface area contributed by atoms with Crippen molar-refractivity contribution in [3.8, 4) is 0 Å². The smallest absolute Gasteiger partial charge is 0.310 e. The van der Waals surface area contributed by atoms with Gasteiger partial charge in [0, 0.05) is 18.6 Å². The SMILES string of the molecule is CC1CN(C(C)(C)C(C)(C)C(=O)O)C1. The number of nitrogens with zero attached hydrogens (tertiary/aromatic N) is 1. The number of carbonyl (C=O) groups is 1. The fraction of sp³-hybridized carbons (Fsp3) is 0.909. The summed E-state index contributed by atoms with van der Waals surface area (Å²) in [6, 6.07) is 0. The van der Waals surface area contributed by atoms with Crippen LogP contribution in [0, 0.1) is 11.3 Å². The second kappa shape index (κ2) is 3.23. The Bertz CT molecular complexity index is 240. The van der Waals surface area contributed by atoms with Gasteiger partial charge in [-0.1, -0.05) is 6.92 Å². The molecule has 0 bridgehead atoms. The van der Waals surface area contributed by atoms with E-state index in [1.807, 2.05) is 13.8 Å². The van der Waals surface area contributed by atoms with Gasteiger partial charge in [0.05, 0.1) is 5.41 Å². The Morgan fingerprint density at radius 3 is 2.00 bits per heavy atom. The van der Waals surface area contributed by atoms with Crippen molar-refractivity contribution in [1.82, 2.24) is 4.90 Å². The maximum absolute atomic E-state index is 11.2. The molecule has 0 aromatic rings. The summed E-state index contributed by atoms with van der Waals surface area (Å²) >= 11 is 0. The average molecular weight is 199 g/mol. The fourth-order valence-electron chi connectivity index (χ4n) is 1.81. The molecule has 1 aliphatic heterocycles. The van der Waals surface area contributed by atoms with Crippen LogP contribution in [0.2, 0.25) is 0 Å². The molecule has 1 fully saturated rings. The Hall–Kier alpha value is -0.570. The molecule has 0 saturated carbocycles. The third-order valence-electron chi connectivity index (χ3n) is 3.92. The second-order valence-corrected chi connectivity index (χ2v) is 5.50. The minimum absolute atomic E-state index is 0.272. The molecule has 0 unspecified atom stereocenters. The summed E-state index contributed by atoms with van der Waals surface area (Å²) in [7, 11) is 0. The average Bonchev–Trinajstić information content (AvgIpc) is 1.97. The Labute approximate surface area is 86.1 Å². The third-order valence-corrected chi connectivity index (χ3v) is 3.92. The Balaban J connectivity index is 2.79. The molecule has 0 aliphatic carbocycles. The quantitative estimate of drug-likeness (QED) is 0.754. The highest BCUT2D eigenvalue weighted by Crippen LogP contribution is 2.39. The molecule has 0 aromatic carbocycles. The van der Waals surface area contributed by atoms with Crippen molar-refractivity contribution in [2.75, 3.05) is 13.1 Å². The molecule has 3 nitrogen and oxygen atoms in total. The monoisotopic (exact) mass is 199 g/mol. The van der Waals surface area contributed by atoms with E-state index in [4.69, 9.17) is 0 Å². The van der Waals surface area contributed by atoms with Crippen LogP contribution in [0.25, 0.3) is 0 Å². The number of hydrogen-bond acceptors (Lipinski definition) is 2. The molecular formula is C11H21NO2. The highest BCUT2D eigenvalue weighted by Gasteiger charge is 2.49. The number of carboxylic acids is 1. The van der Waals surface area contributed by atoms with Crippen LogP contribution in [0.3, 0.4) is 0 Å². The van der Waals surface area contributed by atoms with Crippen LogP contribution < -0.4 is 0 Å². The molecule has 0 radical (unpaired) electrons. The van der Waals surface area contributed by atoms with Crippen LogP contribution in [-0.2, 0) is 4.79 Å². The maximum atomic E-state index is 11.2. The summed E-state index contributed by atoms with van der Waals surface area (Å²) in [6.07, 6.45) is 0. The molecule has 0 aromatic heterocycles. The van der Waals surface area contributed by atoms with Gasteiger partial charge in [-0.15, -0.1) is 0 Å². The van der Waals surface area contributed by atoms with Crippen molar-refractivity contribution >= 4 is 5.97 Å². The van der Waals surface area contributed by atoms with Gasteiger partial charge in [0.1, 0.15) is 0 Å². The summed E-state index contributed by atoms with van der Waals surface area (Å²) in [5.74, 6) is -0.0130. The predicted octanol–water partition coefficient (Wildman–Crippen LogP) is 1.83. The van der Waals surface area contributed by atoms with E-state index < -0.39 is 11.4 Å². The van der Waals surface area contributed by atoms with Gasteiger partial charge in [-0.25, -0.2) is 0 Å². The number of aliphatic carboxylic acids is 1.